The first-order valence-corrected chi connectivity index (χ1v) is 8.00. The zero-order chi connectivity index (χ0) is 16.9. The van der Waals surface area contributed by atoms with Gasteiger partial charge in [0.25, 0.3) is 0 Å². The van der Waals surface area contributed by atoms with Crippen molar-refractivity contribution in [3.8, 4) is 17.1 Å². The SMILES string of the molecule is CC(N)C(C)c1nc(-c2ccc(OCc3ccccc3)cc2)no1.Cl. The largest absolute Gasteiger partial charge is 0.489 e. The van der Waals surface area contributed by atoms with E-state index >= 15 is 0 Å². The van der Waals surface area contributed by atoms with Crippen LogP contribution in [0.5, 0.6) is 5.75 Å². The second-order valence-electron chi connectivity index (χ2n) is 5.90. The Morgan fingerprint density at radius 1 is 1.04 bits per heavy atom. The summed E-state index contributed by atoms with van der Waals surface area (Å²) in [6, 6.07) is 17.7. The van der Waals surface area contributed by atoms with E-state index in [0.717, 1.165) is 16.9 Å². The third-order valence-corrected chi connectivity index (χ3v) is 3.98. The number of hydrogen-bond acceptors (Lipinski definition) is 5. The Hall–Kier alpha value is -2.37. The van der Waals surface area contributed by atoms with E-state index in [9.17, 15) is 0 Å². The van der Waals surface area contributed by atoms with Gasteiger partial charge in [-0.25, -0.2) is 0 Å². The minimum absolute atomic E-state index is 0. The van der Waals surface area contributed by atoms with Crippen LogP contribution < -0.4 is 10.5 Å². The van der Waals surface area contributed by atoms with Gasteiger partial charge in [0, 0.05) is 11.6 Å². The molecule has 0 bridgehead atoms. The summed E-state index contributed by atoms with van der Waals surface area (Å²) in [5.41, 5.74) is 7.89. The highest BCUT2D eigenvalue weighted by Gasteiger charge is 2.18. The van der Waals surface area contributed by atoms with Gasteiger partial charge in [0.15, 0.2) is 0 Å². The molecule has 3 rings (SSSR count). The summed E-state index contributed by atoms with van der Waals surface area (Å²) in [6.45, 7) is 4.44. The van der Waals surface area contributed by atoms with Crippen LogP contribution in [-0.4, -0.2) is 16.2 Å². The van der Waals surface area contributed by atoms with Gasteiger partial charge in [-0.3, -0.25) is 0 Å². The van der Waals surface area contributed by atoms with Crippen LogP contribution in [0.4, 0.5) is 0 Å². The van der Waals surface area contributed by atoms with E-state index < -0.39 is 0 Å². The minimum Gasteiger partial charge on any atom is -0.489 e. The average molecular weight is 360 g/mol. The number of aromatic nitrogens is 2. The Labute approximate surface area is 153 Å². The van der Waals surface area contributed by atoms with Crippen molar-refractivity contribution in [3.05, 3.63) is 66.1 Å². The highest BCUT2D eigenvalue weighted by molar-refractivity contribution is 5.85. The fourth-order valence-corrected chi connectivity index (χ4v) is 2.20. The average Bonchev–Trinajstić information content (AvgIpc) is 3.10. The van der Waals surface area contributed by atoms with Gasteiger partial charge < -0.3 is 15.0 Å². The van der Waals surface area contributed by atoms with Crippen molar-refractivity contribution >= 4 is 12.4 Å². The summed E-state index contributed by atoms with van der Waals surface area (Å²) in [5, 5.41) is 4.03. The predicted octanol–water partition coefficient (Wildman–Crippen LogP) is 4.19. The molecule has 0 spiro atoms. The van der Waals surface area contributed by atoms with E-state index in [4.69, 9.17) is 15.0 Å². The van der Waals surface area contributed by atoms with Gasteiger partial charge in [-0.1, -0.05) is 42.4 Å². The molecule has 1 aromatic heterocycles. The molecule has 0 amide bonds. The van der Waals surface area contributed by atoms with Gasteiger partial charge in [0.05, 0.1) is 5.92 Å². The third kappa shape index (κ3) is 4.81. The minimum atomic E-state index is -0.0351. The van der Waals surface area contributed by atoms with Crippen LogP contribution in [0.2, 0.25) is 0 Å². The zero-order valence-corrected chi connectivity index (χ0v) is 15.1. The van der Waals surface area contributed by atoms with E-state index in [1.165, 1.54) is 0 Å². The molecule has 2 aromatic carbocycles. The van der Waals surface area contributed by atoms with Crippen LogP contribution in [0.1, 0.15) is 31.2 Å². The molecule has 0 aliphatic carbocycles. The molecule has 5 nitrogen and oxygen atoms in total. The number of nitrogens with zero attached hydrogens (tertiary/aromatic N) is 2. The van der Waals surface area contributed by atoms with Crippen molar-refractivity contribution in [2.24, 2.45) is 5.73 Å². The maximum absolute atomic E-state index is 5.87. The van der Waals surface area contributed by atoms with Gasteiger partial charge >= 0.3 is 0 Å². The van der Waals surface area contributed by atoms with Gasteiger partial charge in [-0.2, -0.15) is 4.98 Å². The number of hydrogen-bond donors (Lipinski definition) is 1. The van der Waals surface area contributed by atoms with Gasteiger partial charge in [-0.15, -0.1) is 12.4 Å². The summed E-state index contributed by atoms with van der Waals surface area (Å²) in [7, 11) is 0. The fourth-order valence-electron chi connectivity index (χ4n) is 2.20. The number of ether oxygens (including phenoxy) is 1. The van der Waals surface area contributed by atoms with Crippen LogP contribution >= 0.6 is 12.4 Å². The van der Waals surface area contributed by atoms with Crippen LogP contribution in [0, 0.1) is 0 Å². The van der Waals surface area contributed by atoms with Crippen molar-refractivity contribution in [3.63, 3.8) is 0 Å². The normalized spacial score (nSPS) is 12.9. The monoisotopic (exact) mass is 359 g/mol. The third-order valence-electron chi connectivity index (χ3n) is 3.98. The summed E-state index contributed by atoms with van der Waals surface area (Å²) in [6.07, 6.45) is 0. The van der Waals surface area contributed by atoms with Crippen LogP contribution in [-0.2, 0) is 6.61 Å². The summed E-state index contributed by atoms with van der Waals surface area (Å²) in [5.74, 6) is 1.95. The molecule has 0 saturated heterocycles. The Morgan fingerprint density at radius 2 is 1.72 bits per heavy atom. The summed E-state index contributed by atoms with van der Waals surface area (Å²) >= 11 is 0. The molecule has 0 saturated carbocycles. The molecule has 0 radical (unpaired) electrons. The smallest absolute Gasteiger partial charge is 0.231 e. The molecular weight excluding hydrogens is 338 g/mol. The Morgan fingerprint density at radius 3 is 2.36 bits per heavy atom. The lowest BCUT2D eigenvalue weighted by atomic mass is 10.1. The van der Waals surface area contributed by atoms with Crippen molar-refractivity contribution in [1.29, 1.82) is 0 Å². The van der Waals surface area contributed by atoms with Gasteiger partial charge in [0.2, 0.25) is 11.7 Å². The van der Waals surface area contributed by atoms with E-state index in [1.807, 2.05) is 68.4 Å². The molecule has 1 heterocycles. The number of nitrogens with two attached hydrogens (primary N) is 1. The topological polar surface area (TPSA) is 74.2 Å². The molecular formula is C19H22ClN3O2. The maximum atomic E-state index is 5.87. The van der Waals surface area contributed by atoms with Crippen molar-refractivity contribution in [1.82, 2.24) is 10.1 Å². The second kappa shape index (κ2) is 8.65. The lowest BCUT2D eigenvalue weighted by Crippen LogP contribution is -2.22. The van der Waals surface area contributed by atoms with E-state index in [0.29, 0.717) is 18.3 Å². The molecule has 132 valence electrons. The summed E-state index contributed by atoms with van der Waals surface area (Å²) < 4.78 is 11.1. The quantitative estimate of drug-likeness (QED) is 0.714. The highest BCUT2D eigenvalue weighted by atomic mass is 35.5. The lowest BCUT2D eigenvalue weighted by Gasteiger charge is -2.09. The molecule has 2 atom stereocenters. The van der Waals surface area contributed by atoms with Crippen LogP contribution in [0.15, 0.2) is 59.1 Å². The molecule has 6 heteroatoms. The van der Waals surface area contributed by atoms with Crippen molar-refractivity contribution in [2.75, 3.05) is 0 Å². The summed E-state index contributed by atoms with van der Waals surface area (Å²) in [4.78, 5) is 4.43. The van der Waals surface area contributed by atoms with Crippen molar-refractivity contribution < 1.29 is 9.26 Å². The molecule has 0 aliphatic rings. The van der Waals surface area contributed by atoms with E-state index in [2.05, 4.69) is 10.1 Å². The fraction of sp³-hybridized carbons (Fsp3) is 0.263. The molecule has 2 N–H and O–H groups in total. The molecule has 2 unspecified atom stereocenters. The Bertz CT molecular complexity index is 773. The first kappa shape index (κ1) is 19.0. The first-order chi connectivity index (χ1) is 11.6. The van der Waals surface area contributed by atoms with E-state index in [1.54, 1.807) is 0 Å². The number of halogens is 1. The second-order valence-corrected chi connectivity index (χ2v) is 5.90. The van der Waals surface area contributed by atoms with Gasteiger partial charge in [-0.05, 0) is 36.8 Å². The number of benzene rings is 2. The zero-order valence-electron chi connectivity index (χ0n) is 14.3. The Kier molecular flexibility index (Phi) is 6.56. The first-order valence-electron chi connectivity index (χ1n) is 8.00. The molecule has 0 aliphatic heterocycles. The molecule has 0 fully saturated rings. The number of rotatable bonds is 6. The van der Waals surface area contributed by atoms with E-state index in [-0.39, 0.29) is 24.4 Å². The molecule has 25 heavy (non-hydrogen) atoms. The predicted molar refractivity (Wildman–Crippen MR) is 99.8 cm³/mol. The Balaban J connectivity index is 0.00000225. The van der Waals surface area contributed by atoms with Crippen LogP contribution in [0.3, 0.4) is 0 Å². The van der Waals surface area contributed by atoms with Crippen LogP contribution in [0.25, 0.3) is 11.4 Å². The maximum Gasteiger partial charge on any atom is 0.231 e. The highest BCUT2D eigenvalue weighted by Crippen LogP contribution is 2.23. The van der Waals surface area contributed by atoms with Crippen molar-refractivity contribution in [2.45, 2.75) is 32.4 Å². The van der Waals surface area contributed by atoms with Gasteiger partial charge in [0.1, 0.15) is 12.4 Å². The molecule has 3 aromatic rings. The standard InChI is InChI=1S/C19H21N3O2.ClH/c1-13(14(2)20)19-21-18(22-24-19)16-8-10-17(11-9-16)23-12-15-6-4-3-5-7-15;/h3-11,13-14H,12,20H2,1-2H3;1H. The lowest BCUT2D eigenvalue weighted by molar-refractivity contribution is 0.306.